The molecule has 0 aliphatic carbocycles. The lowest BCUT2D eigenvalue weighted by Gasteiger charge is -2.26. The number of carbonyl (C=O) groups excluding carboxylic acids is 2. The van der Waals surface area contributed by atoms with Crippen LogP contribution < -0.4 is 21.5 Å². The Labute approximate surface area is 208 Å². The van der Waals surface area contributed by atoms with Gasteiger partial charge in [0.1, 0.15) is 11.4 Å². The molecule has 4 N–H and O–H groups in total. The topological polar surface area (TPSA) is 116 Å². The Hall–Kier alpha value is -3.76. The first-order valence-electron chi connectivity index (χ1n) is 12.0. The molecule has 36 heavy (non-hydrogen) atoms. The highest BCUT2D eigenvalue weighted by Gasteiger charge is 2.17. The zero-order valence-corrected chi connectivity index (χ0v) is 20.4. The van der Waals surface area contributed by atoms with Crippen LogP contribution in [0.1, 0.15) is 33.2 Å². The minimum atomic E-state index is -0.620. The summed E-state index contributed by atoms with van der Waals surface area (Å²) in [5.41, 5.74) is 1.86. The van der Waals surface area contributed by atoms with E-state index in [9.17, 15) is 18.8 Å². The molecule has 1 saturated heterocycles. The molecular formula is C26H30FN5O4. The number of fused-ring (bicyclic) bond motifs is 1. The molecule has 2 aromatic carbocycles. The van der Waals surface area contributed by atoms with Gasteiger partial charge in [0.25, 0.3) is 17.4 Å². The fourth-order valence-corrected chi connectivity index (χ4v) is 4.24. The summed E-state index contributed by atoms with van der Waals surface area (Å²) in [4.78, 5) is 43.1. The third-order valence-corrected chi connectivity index (χ3v) is 6.24. The van der Waals surface area contributed by atoms with Crippen LogP contribution in [0.3, 0.4) is 0 Å². The lowest BCUT2D eigenvalue weighted by molar-refractivity contribution is 0.0383. The summed E-state index contributed by atoms with van der Waals surface area (Å²) >= 11 is 0. The molecule has 0 radical (unpaired) electrons. The lowest BCUT2D eigenvalue weighted by Crippen LogP contribution is -2.41. The highest BCUT2D eigenvalue weighted by molar-refractivity contribution is 6.07. The maximum atomic E-state index is 14.0. The fraction of sp³-hybridized carbons (Fsp3) is 0.346. The minimum absolute atomic E-state index is 0.137. The minimum Gasteiger partial charge on any atom is -0.386 e. The average Bonchev–Trinajstić information content (AvgIpc) is 2.88. The number of carbonyl (C=O) groups is 2. The summed E-state index contributed by atoms with van der Waals surface area (Å²) in [6.07, 6.45) is 0.565. The number of anilines is 2. The van der Waals surface area contributed by atoms with Gasteiger partial charge in [0, 0.05) is 49.9 Å². The van der Waals surface area contributed by atoms with Crippen molar-refractivity contribution in [2.75, 3.05) is 57.1 Å². The summed E-state index contributed by atoms with van der Waals surface area (Å²) in [6, 6.07) is 8.92. The third-order valence-electron chi connectivity index (χ3n) is 6.24. The number of morpholine rings is 1. The van der Waals surface area contributed by atoms with E-state index in [-0.39, 0.29) is 11.5 Å². The van der Waals surface area contributed by atoms with Gasteiger partial charge >= 0.3 is 0 Å². The number of amides is 2. The van der Waals surface area contributed by atoms with Gasteiger partial charge in [-0.15, -0.1) is 0 Å². The Bertz CT molecular complexity index is 1330. The largest absolute Gasteiger partial charge is 0.386 e. The van der Waals surface area contributed by atoms with E-state index in [1.807, 2.05) is 6.92 Å². The standard InChI is InChI=1S/C26H30FN5O4/c1-3-16-12-17(24(33)29-6-7-32-8-10-36-11-9-32)4-5-21(16)30-25(34)20-14-18-13-19(27)15-22(28-2)23(18)31-26(20)35/h4-5,12-15,28H,3,6-11H2,1-2H3,(H,29,33)(H,30,34)(H,31,35). The van der Waals surface area contributed by atoms with Crippen molar-refractivity contribution >= 4 is 34.1 Å². The Kier molecular flexibility index (Phi) is 7.97. The van der Waals surface area contributed by atoms with Gasteiger partial charge in [-0.3, -0.25) is 19.3 Å². The van der Waals surface area contributed by atoms with Crippen LogP contribution in [0.5, 0.6) is 0 Å². The number of halogens is 1. The molecule has 0 unspecified atom stereocenters. The predicted octanol–water partition coefficient (Wildman–Crippen LogP) is 2.59. The average molecular weight is 496 g/mol. The van der Waals surface area contributed by atoms with Crippen molar-refractivity contribution in [1.29, 1.82) is 0 Å². The fourth-order valence-electron chi connectivity index (χ4n) is 4.24. The molecular weight excluding hydrogens is 465 g/mol. The molecule has 1 aromatic heterocycles. The van der Waals surface area contributed by atoms with Crippen LogP contribution in [0.4, 0.5) is 15.8 Å². The number of aromatic amines is 1. The van der Waals surface area contributed by atoms with Crippen molar-refractivity contribution < 1.29 is 18.7 Å². The summed E-state index contributed by atoms with van der Waals surface area (Å²) < 4.78 is 19.3. The Morgan fingerprint density at radius 3 is 2.58 bits per heavy atom. The molecule has 0 saturated carbocycles. The molecule has 0 bridgehead atoms. The van der Waals surface area contributed by atoms with Crippen molar-refractivity contribution in [3.63, 3.8) is 0 Å². The number of benzene rings is 2. The van der Waals surface area contributed by atoms with Crippen LogP contribution in [-0.2, 0) is 11.2 Å². The molecule has 4 rings (SSSR count). The van der Waals surface area contributed by atoms with Gasteiger partial charge in [0.15, 0.2) is 0 Å². The first kappa shape index (κ1) is 25.3. The van der Waals surface area contributed by atoms with E-state index in [0.29, 0.717) is 54.0 Å². The Morgan fingerprint density at radius 2 is 1.86 bits per heavy atom. The van der Waals surface area contributed by atoms with Gasteiger partial charge in [-0.2, -0.15) is 0 Å². The number of pyridine rings is 1. The van der Waals surface area contributed by atoms with Crippen LogP contribution in [0.25, 0.3) is 10.9 Å². The SMILES string of the molecule is CCc1cc(C(=O)NCCN2CCOCC2)ccc1NC(=O)c1cc2cc(F)cc(NC)c2[nH]c1=O. The van der Waals surface area contributed by atoms with E-state index in [1.165, 1.54) is 18.2 Å². The van der Waals surface area contributed by atoms with E-state index in [4.69, 9.17) is 4.74 Å². The zero-order chi connectivity index (χ0) is 25.7. The van der Waals surface area contributed by atoms with Gasteiger partial charge in [-0.1, -0.05) is 6.92 Å². The first-order valence-corrected chi connectivity index (χ1v) is 12.0. The van der Waals surface area contributed by atoms with Gasteiger partial charge in [0.05, 0.1) is 24.4 Å². The van der Waals surface area contributed by atoms with Crippen molar-refractivity contribution in [3.8, 4) is 0 Å². The molecule has 0 atom stereocenters. The first-order chi connectivity index (χ1) is 17.4. The van der Waals surface area contributed by atoms with Crippen LogP contribution in [0.2, 0.25) is 0 Å². The summed E-state index contributed by atoms with van der Waals surface area (Å²) in [5, 5.41) is 8.92. The second kappa shape index (κ2) is 11.3. The number of nitrogens with zero attached hydrogens (tertiary/aromatic N) is 1. The monoisotopic (exact) mass is 495 g/mol. The Balaban J connectivity index is 1.47. The maximum absolute atomic E-state index is 14.0. The second-order valence-electron chi connectivity index (χ2n) is 8.57. The molecule has 1 aliphatic rings. The lowest BCUT2D eigenvalue weighted by atomic mass is 10.0. The van der Waals surface area contributed by atoms with Gasteiger partial charge in [-0.25, -0.2) is 4.39 Å². The smallest absolute Gasteiger partial charge is 0.261 e. The second-order valence-corrected chi connectivity index (χ2v) is 8.57. The van der Waals surface area contributed by atoms with E-state index in [1.54, 1.807) is 25.2 Å². The number of aromatic nitrogens is 1. The molecule has 0 spiro atoms. The van der Waals surface area contributed by atoms with Gasteiger partial charge in [-0.05, 0) is 48.4 Å². The zero-order valence-electron chi connectivity index (χ0n) is 20.4. The van der Waals surface area contributed by atoms with Crippen molar-refractivity contribution in [2.24, 2.45) is 0 Å². The Morgan fingerprint density at radius 1 is 1.08 bits per heavy atom. The summed E-state index contributed by atoms with van der Waals surface area (Å²) in [6.45, 7) is 6.32. The van der Waals surface area contributed by atoms with E-state index >= 15 is 0 Å². The van der Waals surface area contributed by atoms with Gasteiger partial charge in [0.2, 0.25) is 0 Å². The molecule has 3 aromatic rings. The predicted molar refractivity (Wildman–Crippen MR) is 137 cm³/mol. The number of rotatable bonds is 8. The quantitative estimate of drug-likeness (QED) is 0.382. The third kappa shape index (κ3) is 5.72. The number of H-pyrrole nitrogens is 1. The maximum Gasteiger partial charge on any atom is 0.261 e. The molecule has 1 aliphatic heterocycles. The number of aryl methyl sites for hydroxylation is 1. The van der Waals surface area contributed by atoms with Crippen molar-refractivity contribution in [1.82, 2.24) is 15.2 Å². The number of ether oxygens (including phenoxy) is 1. The van der Waals surface area contributed by atoms with E-state index in [0.717, 1.165) is 25.2 Å². The van der Waals surface area contributed by atoms with E-state index in [2.05, 4.69) is 25.8 Å². The van der Waals surface area contributed by atoms with Crippen LogP contribution in [0.15, 0.2) is 41.2 Å². The highest BCUT2D eigenvalue weighted by atomic mass is 19.1. The number of hydrogen-bond acceptors (Lipinski definition) is 6. The normalized spacial score (nSPS) is 14.0. The molecule has 2 amide bonds. The van der Waals surface area contributed by atoms with Crippen molar-refractivity contribution in [2.45, 2.75) is 13.3 Å². The molecule has 1 fully saturated rings. The van der Waals surface area contributed by atoms with Crippen LogP contribution in [-0.4, -0.2) is 68.1 Å². The number of nitrogens with one attached hydrogen (secondary N) is 4. The molecule has 2 heterocycles. The van der Waals surface area contributed by atoms with Crippen LogP contribution >= 0.6 is 0 Å². The summed E-state index contributed by atoms with van der Waals surface area (Å²) in [5.74, 6) is -1.30. The summed E-state index contributed by atoms with van der Waals surface area (Å²) in [7, 11) is 1.62. The molecule has 190 valence electrons. The van der Waals surface area contributed by atoms with Gasteiger partial charge < -0.3 is 25.7 Å². The molecule has 10 heteroatoms. The molecule has 9 nitrogen and oxygen atoms in total. The van der Waals surface area contributed by atoms with Crippen LogP contribution in [0, 0.1) is 5.82 Å². The van der Waals surface area contributed by atoms with E-state index < -0.39 is 17.3 Å². The number of hydrogen-bond donors (Lipinski definition) is 4. The van der Waals surface area contributed by atoms with Crippen molar-refractivity contribution in [3.05, 3.63) is 69.3 Å². The highest BCUT2D eigenvalue weighted by Crippen LogP contribution is 2.23.